The zero-order valence-corrected chi connectivity index (χ0v) is 12.0. The molecule has 3 N–H and O–H groups in total. The first-order valence-electron chi connectivity index (χ1n) is 7.02. The maximum atomic E-state index is 11.9. The number of benzene rings is 1. The van der Waals surface area contributed by atoms with E-state index < -0.39 is 6.04 Å². The van der Waals surface area contributed by atoms with E-state index in [0.29, 0.717) is 6.42 Å². The van der Waals surface area contributed by atoms with Crippen molar-refractivity contribution < 1.29 is 9.59 Å². The Morgan fingerprint density at radius 1 is 1.45 bits per heavy atom. The van der Waals surface area contributed by atoms with E-state index in [1.54, 1.807) is 6.92 Å². The van der Waals surface area contributed by atoms with Crippen LogP contribution in [0, 0.1) is 0 Å². The Hall–Kier alpha value is -1.88. The Balaban J connectivity index is 2.23. The number of nitrogens with two attached hydrogens (primary N) is 1. The van der Waals surface area contributed by atoms with Crippen LogP contribution in [-0.2, 0) is 16.0 Å². The minimum Gasteiger partial charge on any atom is -0.325 e. The van der Waals surface area contributed by atoms with Gasteiger partial charge in [0.25, 0.3) is 0 Å². The largest absolute Gasteiger partial charge is 0.325 e. The van der Waals surface area contributed by atoms with Crippen molar-refractivity contribution in [1.82, 2.24) is 0 Å². The number of carbonyl (C=O) groups excluding carboxylic acids is 2. The first-order valence-corrected chi connectivity index (χ1v) is 7.02. The SMILES string of the molecule is CCCN1C(=O)CCc2cc(NC(=O)C(C)N)ccc21. The van der Waals surface area contributed by atoms with E-state index >= 15 is 0 Å². The predicted molar refractivity (Wildman–Crippen MR) is 79.7 cm³/mol. The van der Waals surface area contributed by atoms with Crippen LogP contribution in [0.15, 0.2) is 18.2 Å². The van der Waals surface area contributed by atoms with Gasteiger partial charge in [0, 0.05) is 24.3 Å². The number of nitrogens with zero attached hydrogens (tertiary/aromatic N) is 1. The second-order valence-electron chi connectivity index (χ2n) is 5.17. The third-order valence-electron chi connectivity index (χ3n) is 3.41. The lowest BCUT2D eigenvalue weighted by atomic mass is 10.00. The molecular formula is C15H21N3O2. The molecule has 0 saturated heterocycles. The summed E-state index contributed by atoms with van der Waals surface area (Å²) in [5.74, 6) is -0.0334. The lowest BCUT2D eigenvalue weighted by molar-refractivity contribution is -0.119. The van der Waals surface area contributed by atoms with Crippen molar-refractivity contribution >= 4 is 23.2 Å². The van der Waals surface area contributed by atoms with Crippen molar-refractivity contribution in [3.63, 3.8) is 0 Å². The van der Waals surface area contributed by atoms with Crippen molar-refractivity contribution in [3.8, 4) is 0 Å². The van der Waals surface area contributed by atoms with Gasteiger partial charge in [0.05, 0.1) is 6.04 Å². The molecule has 20 heavy (non-hydrogen) atoms. The highest BCUT2D eigenvalue weighted by Crippen LogP contribution is 2.30. The molecule has 5 nitrogen and oxygen atoms in total. The summed E-state index contributed by atoms with van der Waals surface area (Å²) >= 11 is 0. The summed E-state index contributed by atoms with van der Waals surface area (Å²) in [6, 6.07) is 5.12. The van der Waals surface area contributed by atoms with E-state index in [0.717, 1.165) is 36.3 Å². The summed E-state index contributed by atoms with van der Waals surface area (Å²) in [6.45, 7) is 4.44. The highest BCUT2D eigenvalue weighted by Gasteiger charge is 2.23. The second-order valence-corrected chi connectivity index (χ2v) is 5.17. The number of anilines is 2. The fourth-order valence-electron chi connectivity index (χ4n) is 2.36. The van der Waals surface area contributed by atoms with Crippen LogP contribution in [0.1, 0.15) is 32.3 Å². The lowest BCUT2D eigenvalue weighted by Gasteiger charge is -2.29. The number of rotatable bonds is 4. The smallest absolute Gasteiger partial charge is 0.240 e. The first-order chi connectivity index (χ1) is 9.52. The van der Waals surface area contributed by atoms with Gasteiger partial charge in [-0.15, -0.1) is 0 Å². The van der Waals surface area contributed by atoms with Crippen LogP contribution < -0.4 is 16.0 Å². The Bertz CT molecular complexity index is 526. The average Bonchev–Trinajstić information content (AvgIpc) is 2.42. The van der Waals surface area contributed by atoms with Crippen molar-refractivity contribution in [2.24, 2.45) is 5.73 Å². The lowest BCUT2D eigenvalue weighted by Crippen LogP contribution is -2.36. The average molecular weight is 275 g/mol. The third-order valence-corrected chi connectivity index (χ3v) is 3.41. The first kappa shape index (κ1) is 14.5. The summed E-state index contributed by atoms with van der Waals surface area (Å²) in [7, 11) is 0. The molecule has 0 fully saturated rings. The molecule has 2 rings (SSSR count). The molecule has 1 atom stereocenters. The molecule has 0 saturated carbocycles. The van der Waals surface area contributed by atoms with Crippen LogP contribution in [0.3, 0.4) is 0 Å². The van der Waals surface area contributed by atoms with Gasteiger partial charge in [-0.05, 0) is 43.5 Å². The number of hydrogen-bond acceptors (Lipinski definition) is 3. The van der Waals surface area contributed by atoms with E-state index in [4.69, 9.17) is 5.73 Å². The predicted octanol–water partition coefficient (Wildman–Crippen LogP) is 1.66. The van der Waals surface area contributed by atoms with Gasteiger partial charge in [0.15, 0.2) is 0 Å². The van der Waals surface area contributed by atoms with Crippen LogP contribution in [0.4, 0.5) is 11.4 Å². The second kappa shape index (κ2) is 6.05. The highest BCUT2D eigenvalue weighted by atomic mass is 16.2. The van der Waals surface area contributed by atoms with Gasteiger partial charge in [0.2, 0.25) is 11.8 Å². The van der Waals surface area contributed by atoms with E-state index in [1.807, 2.05) is 23.1 Å². The summed E-state index contributed by atoms with van der Waals surface area (Å²) in [5.41, 5.74) is 8.33. The van der Waals surface area contributed by atoms with Crippen LogP contribution in [0.25, 0.3) is 0 Å². The molecule has 0 bridgehead atoms. The molecule has 5 heteroatoms. The number of hydrogen-bond donors (Lipinski definition) is 2. The molecule has 1 aliphatic rings. The number of nitrogens with one attached hydrogen (secondary N) is 1. The molecule has 0 aromatic heterocycles. The fraction of sp³-hybridized carbons (Fsp3) is 0.467. The quantitative estimate of drug-likeness (QED) is 0.877. The van der Waals surface area contributed by atoms with Crippen LogP contribution in [0.5, 0.6) is 0 Å². The van der Waals surface area contributed by atoms with Gasteiger partial charge in [-0.2, -0.15) is 0 Å². The monoisotopic (exact) mass is 275 g/mol. The molecule has 0 spiro atoms. The number of fused-ring (bicyclic) bond motifs is 1. The van der Waals surface area contributed by atoms with Gasteiger partial charge in [-0.3, -0.25) is 9.59 Å². The van der Waals surface area contributed by atoms with Crippen LogP contribution >= 0.6 is 0 Å². The topological polar surface area (TPSA) is 75.4 Å². The van der Waals surface area contributed by atoms with Crippen molar-refractivity contribution in [3.05, 3.63) is 23.8 Å². The third kappa shape index (κ3) is 2.99. The van der Waals surface area contributed by atoms with E-state index in [9.17, 15) is 9.59 Å². The zero-order valence-electron chi connectivity index (χ0n) is 12.0. The molecule has 2 amide bonds. The van der Waals surface area contributed by atoms with Gasteiger partial charge >= 0.3 is 0 Å². The Morgan fingerprint density at radius 2 is 2.20 bits per heavy atom. The highest BCUT2D eigenvalue weighted by molar-refractivity contribution is 5.98. The minimum absolute atomic E-state index is 0.173. The van der Waals surface area contributed by atoms with Gasteiger partial charge in [0.1, 0.15) is 0 Å². The van der Waals surface area contributed by atoms with Crippen LogP contribution in [-0.4, -0.2) is 24.4 Å². The molecule has 1 aromatic rings. The van der Waals surface area contributed by atoms with E-state index in [1.165, 1.54) is 0 Å². The maximum Gasteiger partial charge on any atom is 0.240 e. The Kier molecular flexibility index (Phi) is 4.39. The van der Waals surface area contributed by atoms with Crippen molar-refractivity contribution in [2.75, 3.05) is 16.8 Å². The standard InChI is InChI=1S/C15H21N3O2/c1-3-8-18-13-6-5-12(17-15(20)10(2)16)9-11(13)4-7-14(18)19/h5-6,9-10H,3-4,7-8,16H2,1-2H3,(H,17,20). The molecule has 0 radical (unpaired) electrons. The number of aryl methyl sites for hydroxylation is 1. The normalized spacial score (nSPS) is 15.8. The molecule has 108 valence electrons. The van der Waals surface area contributed by atoms with Gasteiger partial charge in [-0.25, -0.2) is 0 Å². The van der Waals surface area contributed by atoms with E-state index in [2.05, 4.69) is 12.2 Å². The molecule has 1 aliphatic heterocycles. The summed E-state index contributed by atoms with van der Waals surface area (Å²) in [5, 5.41) is 2.78. The van der Waals surface area contributed by atoms with E-state index in [-0.39, 0.29) is 11.8 Å². The maximum absolute atomic E-state index is 11.9. The zero-order chi connectivity index (χ0) is 14.7. The number of carbonyl (C=O) groups is 2. The Morgan fingerprint density at radius 3 is 2.85 bits per heavy atom. The van der Waals surface area contributed by atoms with Crippen molar-refractivity contribution in [2.45, 2.75) is 39.2 Å². The number of amides is 2. The summed E-state index contributed by atoms with van der Waals surface area (Å²) < 4.78 is 0. The minimum atomic E-state index is -0.538. The van der Waals surface area contributed by atoms with Crippen LogP contribution in [0.2, 0.25) is 0 Å². The summed E-state index contributed by atoms with van der Waals surface area (Å²) in [4.78, 5) is 25.4. The fourth-order valence-corrected chi connectivity index (χ4v) is 2.36. The summed E-state index contributed by atoms with van der Waals surface area (Å²) in [6.07, 6.45) is 2.17. The molecular weight excluding hydrogens is 254 g/mol. The molecule has 1 unspecified atom stereocenters. The molecule has 1 heterocycles. The van der Waals surface area contributed by atoms with Crippen molar-refractivity contribution in [1.29, 1.82) is 0 Å². The van der Waals surface area contributed by atoms with Gasteiger partial charge < -0.3 is 16.0 Å². The Labute approximate surface area is 119 Å². The molecule has 0 aliphatic carbocycles. The molecule has 1 aromatic carbocycles. The van der Waals surface area contributed by atoms with Gasteiger partial charge in [-0.1, -0.05) is 6.92 Å².